The second kappa shape index (κ2) is 7.27. The van der Waals surface area contributed by atoms with Gasteiger partial charge in [-0.15, -0.1) is 11.8 Å². The number of halogens is 1. The highest BCUT2D eigenvalue weighted by Gasteiger charge is 2.31. The van der Waals surface area contributed by atoms with Crippen molar-refractivity contribution in [3.63, 3.8) is 0 Å². The summed E-state index contributed by atoms with van der Waals surface area (Å²) < 4.78 is 12.8. The van der Waals surface area contributed by atoms with Gasteiger partial charge in [-0.1, -0.05) is 6.92 Å². The standard InChI is InChI=1S/C16H22FNO2S/c1-12-6-8-16(20,9-7-12)11-18-15(19)10-21-14-4-2-13(17)3-5-14/h2-5,12,20H,6-11H2,1H3,(H,18,19). The zero-order valence-electron chi connectivity index (χ0n) is 12.3. The average Bonchev–Trinajstić information content (AvgIpc) is 2.48. The molecular formula is C16H22FNO2S. The third-order valence-corrected chi connectivity index (χ3v) is 5.02. The summed E-state index contributed by atoms with van der Waals surface area (Å²) in [5.41, 5.74) is -0.747. The number of rotatable bonds is 5. The molecule has 2 N–H and O–H groups in total. The van der Waals surface area contributed by atoms with Crippen molar-refractivity contribution in [1.82, 2.24) is 5.32 Å². The third-order valence-electron chi connectivity index (χ3n) is 4.00. The van der Waals surface area contributed by atoms with Crippen molar-refractivity contribution in [3.05, 3.63) is 30.1 Å². The van der Waals surface area contributed by atoms with E-state index in [9.17, 15) is 14.3 Å². The Hall–Kier alpha value is -1.07. The molecule has 0 atom stereocenters. The number of thioether (sulfide) groups is 1. The molecule has 21 heavy (non-hydrogen) atoms. The number of aliphatic hydroxyl groups is 1. The Balaban J connectivity index is 1.71. The molecule has 3 nitrogen and oxygen atoms in total. The van der Waals surface area contributed by atoms with Crippen molar-refractivity contribution in [2.75, 3.05) is 12.3 Å². The molecule has 0 bridgehead atoms. The topological polar surface area (TPSA) is 49.3 Å². The zero-order chi connectivity index (χ0) is 15.3. The van der Waals surface area contributed by atoms with Crippen LogP contribution in [0.4, 0.5) is 4.39 Å². The Kier molecular flexibility index (Phi) is 5.65. The fourth-order valence-electron chi connectivity index (χ4n) is 2.47. The lowest BCUT2D eigenvalue weighted by Crippen LogP contribution is -2.45. The minimum Gasteiger partial charge on any atom is -0.388 e. The van der Waals surface area contributed by atoms with E-state index in [1.54, 1.807) is 12.1 Å². The van der Waals surface area contributed by atoms with Gasteiger partial charge in [0.2, 0.25) is 5.91 Å². The molecular weight excluding hydrogens is 289 g/mol. The van der Waals surface area contributed by atoms with Gasteiger partial charge in [0, 0.05) is 11.4 Å². The third kappa shape index (κ3) is 5.32. The average molecular weight is 311 g/mol. The molecule has 0 heterocycles. The van der Waals surface area contributed by atoms with Gasteiger partial charge in [-0.05, 0) is 55.9 Å². The molecule has 0 saturated heterocycles. The van der Waals surface area contributed by atoms with Crippen LogP contribution >= 0.6 is 11.8 Å². The van der Waals surface area contributed by atoms with Crippen LogP contribution in [0.2, 0.25) is 0 Å². The molecule has 0 unspecified atom stereocenters. The number of benzene rings is 1. The van der Waals surface area contributed by atoms with Crippen LogP contribution in [0, 0.1) is 11.7 Å². The molecule has 0 aromatic heterocycles. The quantitative estimate of drug-likeness (QED) is 0.822. The highest BCUT2D eigenvalue weighted by Crippen LogP contribution is 2.31. The summed E-state index contributed by atoms with van der Waals surface area (Å²) in [6.07, 6.45) is 3.52. The van der Waals surface area contributed by atoms with E-state index < -0.39 is 5.60 Å². The number of hydrogen-bond donors (Lipinski definition) is 2. The Bertz CT molecular complexity index is 470. The maximum absolute atomic E-state index is 12.8. The molecule has 0 aliphatic heterocycles. The Labute approximate surface area is 129 Å². The maximum Gasteiger partial charge on any atom is 0.230 e. The van der Waals surface area contributed by atoms with Crippen LogP contribution in [-0.4, -0.2) is 28.9 Å². The van der Waals surface area contributed by atoms with Crippen molar-refractivity contribution in [2.24, 2.45) is 5.92 Å². The van der Waals surface area contributed by atoms with Crippen LogP contribution in [-0.2, 0) is 4.79 Å². The second-order valence-corrected chi connectivity index (χ2v) is 6.97. The van der Waals surface area contributed by atoms with Crippen LogP contribution in [0.1, 0.15) is 32.6 Å². The van der Waals surface area contributed by atoms with E-state index in [1.807, 2.05) is 0 Å². The number of hydrogen-bond acceptors (Lipinski definition) is 3. The summed E-state index contributed by atoms with van der Waals surface area (Å²) in [6.45, 7) is 2.51. The predicted octanol–water partition coefficient (Wildman–Crippen LogP) is 2.98. The second-order valence-electron chi connectivity index (χ2n) is 5.93. The van der Waals surface area contributed by atoms with Crippen molar-refractivity contribution in [2.45, 2.75) is 43.1 Å². The van der Waals surface area contributed by atoms with Gasteiger partial charge < -0.3 is 10.4 Å². The highest BCUT2D eigenvalue weighted by atomic mass is 32.2. The summed E-state index contributed by atoms with van der Waals surface area (Å²) >= 11 is 1.36. The van der Waals surface area contributed by atoms with E-state index in [0.29, 0.717) is 12.5 Å². The van der Waals surface area contributed by atoms with E-state index >= 15 is 0 Å². The fraction of sp³-hybridized carbons (Fsp3) is 0.562. The zero-order valence-corrected chi connectivity index (χ0v) is 13.1. The summed E-state index contributed by atoms with van der Waals surface area (Å²) in [7, 11) is 0. The number of amides is 1. The van der Waals surface area contributed by atoms with Crippen molar-refractivity contribution in [1.29, 1.82) is 0 Å². The minimum atomic E-state index is -0.747. The van der Waals surface area contributed by atoms with Crippen LogP contribution in [0.5, 0.6) is 0 Å². The molecule has 1 aliphatic carbocycles. The molecule has 116 valence electrons. The molecule has 1 aromatic carbocycles. The van der Waals surface area contributed by atoms with E-state index in [0.717, 1.165) is 30.6 Å². The molecule has 1 aliphatic rings. The van der Waals surface area contributed by atoms with Gasteiger partial charge in [0.15, 0.2) is 0 Å². The van der Waals surface area contributed by atoms with E-state index in [4.69, 9.17) is 0 Å². The summed E-state index contributed by atoms with van der Waals surface area (Å²) in [4.78, 5) is 12.7. The van der Waals surface area contributed by atoms with Crippen LogP contribution in [0.15, 0.2) is 29.2 Å². The molecule has 0 radical (unpaired) electrons. The highest BCUT2D eigenvalue weighted by molar-refractivity contribution is 8.00. The smallest absolute Gasteiger partial charge is 0.230 e. The first-order valence-electron chi connectivity index (χ1n) is 7.34. The van der Waals surface area contributed by atoms with E-state index in [1.165, 1.54) is 23.9 Å². The lowest BCUT2D eigenvalue weighted by molar-refractivity contribution is -0.120. The number of carbonyl (C=O) groups excluding carboxylic acids is 1. The Morgan fingerprint density at radius 3 is 2.62 bits per heavy atom. The molecule has 1 saturated carbocycles. The summed E-state index contributed by atoms with van der Waals surface area (Å²) in [5, 5.41) is 13.2. The molecule has 0 spiro atoms. The van der Waals surface area contributed by atoms with Gasteiger partial charge in [-0.2, -0.15) is 0 Å². The Morgan fingerprint density at radius 2 is 2.00 bits per heavy atom. The monoisotopic (exact) mass is 311 g/mol. The Morgan fingerprint density at radius 1 is 1.38 bits per heavy atom. The van der Waals surface area contributed by atoms with Crippen LogP contribution in [0.25, 0.3) is 0 Å². The van der Waals surface area contributed by atoms with Crippen molar-refractivity contribution in [3.8, 4) is 0 Å². The van der Waals surface area contributed by atoms with Crippen molar-refractivity contribution < 1.29 is 14.3 Å². The summed E-state index contributed by atoms with van der Waals surface area (Å²) in [6, 6.07) is 6.07. The number of nitrogens with one attached hydrogen (secondary N) is 1. The van der Waals surface area contributed by atoms with E-state index in [2.05, 4.69) is 12.2 Å². The van der Waals surface area contributed by atoms with Gasteiger partial charge in [0.25, 0.3) is 0 Å². The fourth-order valence-corrected chi connectivity index (χ4v) is 3.20. The largest absolute Gasteiger partial charge is 0.388 e. The summed E-state index contributed by atoms with van der Waals surface area (Å²) in [5.74, 6) is 0.557. The first kappa shape index (κ1) is 16.3. The first-order valence-corrected chi connectivity index (χ1v) is 8.33. The number of carbonyl (C=O) groups is 1. The SMILES string of the molecule is CC1CCC(O)(CNC(=O)CSc2ccc(F)cc2)CC1. The predicted molar refractivity (Wildman–Crippen MR) is 82.7 cm³/mol. The van der Waals surface area contributed by atoms with Gasteiger partial charge >= 0.3 is 0 Å². The normalized spacial score (nSPS) is 25.6. The molecule has 1 aromatic rings. The van der Waals surface area contributed by atoms with Crippen molar-refractivity contribution >= 4 is 17.7 Å². The molecule has 1 fully saturated rings. The van der Waals surface area contributed by atoms with E-state index in [-0.39, 0.29) is 17.5 Å². The lowest BCUT2D eigenvalue weighted by atomic mass is 9.79. The van der Waals surface area contributed by atoms with Gasteiger partial charge in [0.1, 0.15) is 5.82 Å². The lowest BCUT2D eigenvalue weighted by Gasteiger charge is -2.34. The first-order chi connectivity index (χ1) is 9.97. The van der Waals surface area contributed by atoms with Crippen LogP contribution in [0.3, 0.4) is 0 Å². The molecule has 2 rings (SSSR count). The maximum atomic E-state index is 12.8. The van der Waals surface area contributed by atoms with Gasteiger partial charge in [-0.25, -0.2) is 4.39 Å². The molecule has 1 amide bonds. The van der Waals surface area contributed by atoms with Gasteiger partial charge in [-0.3, -0.25) is 4.79 Å². The van der Waals surface area contributed by atoms with Crippen LogP contribution < -0.4 is 5.32 Å². The molecule has 5 heteroatoms. The minimum absolute atomic E-state index is 0.101. The van der Waals surface area contributed by atoms with Gasteiger partial charge in [0.05, 0.1) is 11.4 Å².